The molecule has 0 unspecified atom stereocenters. The molecule has 0 atom stereocenters. The first-order valence-electron chi connectivity index (χ1n) is 4.91. The van der Waals surface area contributed by atoms with Crippen LogP contribution >= 0.6 is 0 Å². The molecule has 0 aliphatic rings. The Morgan fingerprint density at radius 2 is 1.89 bits per heavy atom. The largest absolute Gasteiger partial charge is 1.00 e. The Hall–Kier alpha value is -0.0187. The summed E-state index contributed by atoms with van der Waals surface area (Å²) >= 11 is 0. The molecule has 0 radical (unpaired) electrons. The summed E-state index contributed by atoms with van der Waals surface area (Å²) in [7, 11) is 2.62. The Labute approximate surface area is 146 Å². The molecular formula is C10H12BF3KNO2. The van der Waals surface area contributed by atoms with Gasteiger partial charge in [0.05, 0.1) is 12.7 Å². The Kier molecular flexibility index (Phi) is 6.94. The summed E-state index contributed by atoms with van der Waals surface area (Å²) in [4.78, 5) is 11.3. The van der Waals surface area contributed by atoms with Crippen molar-refractivity contribution in [2.45, 2.75) is 6.92 Å². The molecule has 94 valence electrons. The van der Waals surface area contributed by atoms with E-state index in [4.69, 9.17) is 0 Å². The molecule has 0 heterocycles. The smallest absolute Gasteiger partial charge is 0.465 e. The predicted molar refractivity (Wildman–Crippen MR) is 60.8 cm³/mol. The zero-order chi connectivity index (χ0) is 13.2. The van der Waals surface area contributed by atoms with Gasteiger partial charge in [0.15, 0.2) is 0 Å². The molecule has 0 aromatic heterocycles. The van der Waals surface area contributed by atoms with Crippen molar-refractivity contribution in [3.63, 3.8) is 0 Å². The average Bonchev–Trinajstić information content (AvgIpc) is 2.26. The van der Waals surface area contributed by atoms with Crippen molar-refractivity contribution >= 4 is 24.1 Å². The van der Waals surface area contributed by atoms with Crippen molar-refractivity contribution in [1.29, 1.82) is 0 Å². The molecule has 0 amide bonds. The molecule has 1 rings (SSSR count). The van der Waals surface area contributed by atoms with Crippen LogP contribution in [0.15, 0.2) is 12.1 Å². The molecule has 0 fully saturated rings. The summed E-state index contributed by atoms with van der Waals surface area (Å²) in [6, 6.07) is 2.16. The first-order valence-corrected chi connectivity index (χ1v) is 4.91. The maximum atomic E-state index is 12.8. The van der Waals surface area contributed by atoms with Gasteiger partial charge in [-0.2, -0.15) is 0 Å². The molecule has 0 saturated heterocycles. The van der Waals surface area contributed by atoms with Gasteiger partial charge in [0.2, 0.25) is 0 Å². The van der Waals surface area contributed by atoms with E-state index in [-0.39, 0.29) is 68.2 Å². The van der Waals surface area contributed by atoms with E-state index in [1.165, 1.54) is 20.0 Å². The van der Waals surface area contributed by atoms with Gasteiger partial charge in [-0.1, -0.05) is 11.6 Å². The first kappa shape index (κ1) is 18.0. The normalized spacial score (nSPS) is 10.6. The number of esters is 1. The van der Waals surface area contributed by atoms with Crippen molar-refractivity contribution in [2.75, 3.05) is 19.5 Å². The van der Waals surface area contributed by atoms with Crippen LogP contribution < -0.4 is 62.2 Å². The summed E-state index contributed by atoms with van der Waals surface area (Å²) in [6.45, 7) is -3.80. The Morgan fingerprint density at radius 1 is 1.33 bits per heavy atom. The number of hydrogen-bond acceptors (Lipinski definition) is 3. The van der Waals surface area contributed by atoms with Crippen molar-refractivity contribution in [3.05, 3.63) is 23.3 Å². The van der Waals surface area contributed by atoms with Gasteiger partial charge < -0.3 is 23.0 Å². The second-order valence-electron chi connectivity index (χ2n) is 3.55. The number of halogens is 3. The number of carbonyl (C=O) groups is 1. The summed E-state index contributed by atoms with van der Waals surface area (Å²) in [5.41, 5.74) is -0.552. The monoisotopic (exact) mass is 285 g/mol. The number of anilines is 1. The Bertz CT molecular complexity index is 451. The molecule has 0 spiro atoms. The van der Waals surface area contributed by atoms with Crippen LogP contribution in [0.4, 0.5) is 18.6 Å². The third-order valence-electron chi connectivity index (χ3n) is 2.49. The molecule has 0 aliphatic heterocycles. The number of ether oxygens (including phenoxy) is 1. The number of rotatable bonds is 3. The number of benzene rings is 1. The molecule has 1 N–H and O–H groups in total. The van der Waals surface area contributed by atoms with Gasteiger partial charge in [0, 0.05) is 12.7 Å². The van der Waals surface area contributed by atoms with Crippen molar-refractivity contribution in [3.8, 4) is 0 Å². The molecule has 0 bridgehead atoms. The number of methoxy groups -OCH3 is 1. The van der Waals surface area contributed by atoms with E-state index >= 15 is 0 Å². The number of carbonyl (C=O) groups excluding carboxylic acids is 1. The molecule has 3 nitrogen and oxygen atoms in total. The van der Waals surface area contributed by atoms with Gasteiger partial charge in [-0.05, 0) is 13.0 Å². The van der Waals surface area contributed by atoms with Crippen LogP contribution in [0.25, 0.3) is 0 Å². The summed E-state index contributed by atoms with van der Waals surface area (Å²) in [5, 5.41) is 2.63. The van der Waals surface area contributed by atoms with E-state index in [9.17, 15) is 17.7 Å². The minimum absolute atomic E-state index is 0. The zero-order valence-corrected chi connectivity index (χ0v) is 13.8. The quantitative estimate of drug-likeness (QED) is 0.565. The van der Waals surface area contributed by atoms with Crippen LogP contribution in [0.3, 0.4) is 0 Å². The van der Waals surface area contributed by atoms with Crippen molar-refractivity contribution in [2.24, 2.45) is 0 Å². The maximum Gasteiger partial charge on any atom is 1.00 e. The average molecular weight is 285 g/mol. The fraction of sp³-hybridized carbons (Fsp3) is 0.300. The van der Waals surface area contributed by atoms with E-state index in [1.54, 1.807) is 0 Å². The second kappa shape index (κ2) is 6.95. The van der Waals surface area contributed by atoms with Gasteiger partial charge in [-0.25, -0.2) is 4.79 Å². The standard InChI is InChI=1S/C10H12BF3NO2.K/c1-6-8(11(12,13)14)4-7(10(16)17-3)5-9(6)15-2;/h4-5,15H,1-3H3;/q-1;+1. The Morgan fingerprint density at radius 3 is 2.28 bits per heavy atom. The number of nitrogens with one attached hydrogen (secondary N) is 1. The Balaban J connectivity index is 0.00000289. The fourth-order valence-electron chi connectivity index (χ4n) is 1.57. The maximum absolute atomic E-state index is 12.8. The van der Waals surface area contributed by atoms with Crippen LogP contribution in [0.5, 0.6) is 0 Å². The molecule has 0 aliphatic carbocycles. The topological polar surface area (TPSA) is 38.3 Å². The minimum Gasteiger partial charge on any atom is -0.465 e. The fourth-order valence-corrected chi connectivity index (χ4v) is 1.57. The van der Waals surface area contributed by atoms with Gasteiger partial charge in [-0.3, -0.25) is 0 Å². The molecule has 8 heteroatoms. The third-order valence-corrected chi connectivity index (χ3v) is 2.49. The van der Waals surface area contributed by atoms with Crippen LogP contribution in [0.1, 0.15) is 15.9 Å². The molecular weight excluding hydrogens is 273 g/mol. The van der Waals surface area contributed by atoms with Gasteiger partial charge in [0.1, 0.15) is 0 Å². The summed E-state index contributed by atoms with van der Waals surface area (Å²) < 4.78 is 42.8. The van der Waals surface area contributed by atoms with E-state index in [2.05, 4.69) is 10.1 Å². The molecule has 0 saturated carbocycles. The summed E-state index contributed by atoms with van der Waals surface area (Å²) in [6.07, 6.45) is 0. The second-order valence-corrected chi connectivity index (χ2v) is 3.55. The zero-order valence-electron chi connectivity index (χ0n) is 10.7. The first-order chi connectivity index (χ1) is 7.81. The van der Waals surface area contributed by atoms with Crippen LogP contribution in [0.2, 0.25) is 0 Å². The number of hydrogen-bond donors (Lipinski definition) is 1. The van der Waals surface area contributed by atoms with Crippen LogP contribution in [-0.2, 0) is 4.74 Å². The van der Waals surface area contributed by atoms with Crippen LogP contribution in [0, 0.1) is 6.92 Å². The van der Waals surface area contributed by atoms with E-state index < -0.39 is 18.4 Å². The molecule has 18 heavy (non-hydrogen) atoms. The van der Waals surface area contributed by atoms with Crippen molar-refractivity contribution in [1.82, 2.24) is 0 Å². The van der Waals surface area contributed by atoms with E-state index in [0.717, 1.165) is 13.2 Å². The van der Waals surface area contributed by atoms with Gasteiger partial charge in [-0.15, -0.1) is 5.46 Å². The molecule has 1 aromatic carbocycles. The van der Waals surface area contributed by atoms with Gasteiger partial charge >= 0.3 is 64.3 Å². The van der Waals surface area contributed by atoms with Gasteiger partial charge in [0.25, 0.3) is 0 Å². The van der Waals surface area contributed by atoms with Crippen LogP contribution in [-0.4, -0.2) is 27.1 Å². The minimum atomic E-state index is -5.16. The van der Waals surface area contributed by atoms with Crippen molar-refractivity contribution < 1.29 is 73.9 Å². The third kappa shape index (κ3) is 3.99. The molecule has 1 aromatic rings. The SMILES string of the molecule is CNc1cc(C(=O)OC)cc([B-](F)(F)F)c1C.[K+]. The summed E-state index contributed by atoms with van der Waals surface area (Å²) in [5.74, 6) is -0.789. The van der Waals surface area contributed by atoms with E-state index in [0.29, 0.717) is 0 Å². The predicted octanol–water partition coefficient (Wildman–Crippen LogP) is -1.12. The van der Waals surface area contributed by atoms with E-state index in [1.807, 2.05) is 0 Å².